The van der Waals surface area contributed by atoms with Gasteiger partial charge in [0.25, 0.3) is 5.91 Å². The van der Waals surface area contributed by atoms with Gasteiger partial charge in [-0.15, -0.1) is 0 Å². The van der Waals surface area contributed by atoms with E-state index in [4.69, 9.17) is 11.6 Å². The van der Waals surface area contributed by atoms with Crippen LogP contribution in [0.2, 0.25) is 5.02 Å². The molecule has 1 aliphatic rings. The normalized spacial score (nSPS) is 15.1. The molecule has 0 atom stereocenters. The van der Waals surface area contributed by atoms with E-state index in [2.05, 4.69) is 10.6 Å². The predicted molar refractivity (Wildman–Crippen MR) is 57.0 cm³/mol. The first-order valence-electron chi connectivity index (χ1n) is 4.51. The molecule has 1 heterocycles. The van der Waals surface area contributed by atoms with Gasteiger partial charge in [0, 0.05) is 18.1 Å². The fourth-order valence-electron chi connectivity index (χ4n) is 1.56. The number of amides is 1. The smallest absolute Gasteiger partial charge is 0.253 e. The van der Waals surface area contributed by atoms with Crippen LogP contribution in [0.4, 0.5) is 5.69 Å². The van der Waals surface area contributed by atoms with Crippen molar-refractivity contribution in [3.8, 4) is 0 Å². The minimum Gasteiger partial charge on any atom is -0.382 e. The van der Waals surface area contributed by atoms with E-state index in [1.165, 1.54) is 0 Å². The van der Waals surface area contributed by atoms with Crippen LogP contribution in [0.25, 0.3) is 0 Å². The Morgan fingerprint density at radius 1 is 1.29 bits per heavy atom. The van der Waals surface area contributed by atoms with Gasteiger partial charge in [-0.05, 0) is 24.6 Å². The van der Waals surface area contributed by atoms with Crippen LogP contribution in [0.3, 0.4) is 0 Å². The molecule has 1 aromatic carbocycles. The van der Waals surface area contributed by atoms with Gasteiger partial charge in [-0.2, -0.15) is 0 Å². The maximum Gasteiger partial charge on any atom is 0.253 e. The zero-order chi connectivity index (χ0) is 10.1. The van der Waals surface area contributed by atoms with Gasteiger partial charge in [0.2, 0.25) is 0 Å². The zero-order valence-electron chi connectivity index (χ0n) is 7.86. The molecule has 0 aromatic heterocycles. The minimum atomic E-state index is -0.0373. The number of hydrogen-bond acceptors (Lipinski definition) is 2. The van der Waals surface area contributed by atoms with Crippen molar-refractivity contribution in [3.63, 3.8) is 0 Å². The molecular formula is C10H11ClN2O. The first-order valence-corrected chi connectivity index (χ1v) is 4.89. The topological polar surface area (TPSA) is 41.1 Å². The second kappa shape index (κ2) is 3.50. The van der Waals surface area contributed by atoms with Crippen LogP contribution in [-0.4, -0.2) is 19.0 Å². The Morgan fingerprint density at radius 3 is 2.79 bits per heavy atom. The summed E-state index contributed by atoms with van der Waals surface area (Å²) >= 11 is 5.97. The summed E-state index contributed by atoms with van der Waals surface area (Å²) in [5, 5.41) is 6.69. The van der Waals surface area contributed by atoms with Gasteiger partial charge in [-0.25, -0.2) is 0 Å². The number of carbonyl (C=O) groups is 1. The monoisotopic (exact) mass is 210 g/mol. The lowest BCUT2D eigenvalue weighted by Gasteiger charge is -2.10. The van der Waals surface area contributed by atoms with Gasteiger partial charge in [0.15, 0.2) is 0 Å². The van der Waals surface area contributed by atoms with E-state index in [1.54, 1.807) is 12.1 Å². The third kappa shape index (κ3) is 1.44. The van der Waals surface area contributed by atoms with Crippen molar-refractivity contribution in [2.24, 2.45) is 0 Å². The molecule has 1 aliphatic heterocycles. The van der Waals surface area contributed by atoms with E-state index < -0.39 is 0 Å². The number of rotatable bonds is 0. The van der Waals surface area contributed by atoms with E-state index in [1.807, 2.05) is 6.92 Å². The highest BCUT2D eigenvalue weighted by molar-refractivity contribution is 6.32. The maximum absolute atomic E-state index is 11.6. The first kappa shape index (κ1) is 9.34. The summed E-state index contributed by atoms with van der Waals surface area (Å²) in [6.07, 6.45) is 0. The summed E-state index contributed by atoms with van der Waals surface area (Å²) < 4.78 is 0. The van der Waals surface area contributed by atoms with Gasteiger partial charge in [-0.1, -0.05) is 11.6 Å². The van der Waals surface area contributed by atoms with Crippen LogP contribution in [0.5, 0.6) is 0 Å². The molecule has 0 aliphatic carbocycles. The van der Waals surface area contributed by atoms with Gasteiger partial charge < -0.3 is 10.6 Å². The highest BCUT2D eigenvalue weighted by atomic mass is 35.5. The Kier molecular flexibility index (Phi) is 2.33. The van der Waals surface area contributed by atoms with Crippen molar-refractivity contribution in [1.29, 1.82) is 0 Å². The first-order chi connectivity index (χ1) is 6.70. The van der Waals surface area contributed by atoms with Crippen LogP contribution >= 0.6 is 11.6 Å². The molecule has 14 heavy (non-hydrogen) atoms. The lowest BCUT2D eigenvalue weighted by Crippen LogP contribution is -2.24. The number of benzene rings is 1. The van der Waals surface area contributed by atoms with E-state index in [0.717, 1.165) is 17.8 Å². The van der Waals surface area contributed by atoms with Gasteiger partial charge in [0.1, 0.15) is 0 Å². The molecule has 3 nitrogen and oxygen atoms in total. The largest absolute Gasteiger partial charge is 0.382 e. The molecule has 0 radical (unpaired) electrons. The van der Waals surface area contributed by atoms with Crippen molar-refractivity contribution >= 4 is 23.2 Å². The van der Waals surface area contributed by atoms with E-state index in [-0.39, 0.29) is 5.91 Å². The van der Waals surface area contributed by atoms with Crippen LogP contribution in [0, 0.1) is 6.92 Å². The average Bonchev–Trinajstić information content (AvgIpc) is 2.35. The molecule has 2 N–H and O–H groups in total. The zero-order valence-corrected chi connectivity index (χ0v) is 8.61. The maximum atomic E-state index is 11.6. The number of nitrogens with one attached hydrogen (secondary N) is 2. The van der Waals surface area contributed by atoms with Crippen LogP contribution in [-0.2, 0) is 0 Å². The molecule has 0 bridgehead atoms. The Balaban J connectivity index is 2.58. The molecule has 1 amide bonds. The summed E-state index contributed by atoms with van der Waals surface area (Å²) in [6.45, 7) is 3.29. The molecule has 4 heteroatoms. The van der Waals surface area contributed by atoms with Gasteiger partial charge in [0.05, 0.1) is 11.3 Å². The fraction of sp³-hybridized carbons (Fsp3) is 0.300. The Bertz CT molecular complexity index is 390. The molecule has 74 valence electrons. The van der Waals surface area contributed by atoms with Crippen molar-refractivity contribution in [2.75, 3.05) is 18.4 Å². The Morgan fingerprint density at radius 2 is 2.00 bits per heavy atom. The average molecular weight is 211 g/mol. The van der Waals surface area contributed by atoms with Crippen molar-refractivity contribution in [3.05, 3.63) is 28.3 Å². The summed E-state index contributed by atoms with van der Waals surface area (Å²) in [7, 11) is 0. The van der Waals surface area contributed by atoms with Crippen LogP contribution in [0.1, 0.15) is 15.9 Å². The number of carbonyl (C=O) groups excluding carboxylic acids is 1. The Labute approximate surface area is 87.4 Å². The quantitative estimate of drug-likeness (QED) is 0.686. The molecule has 0 unspecified atom stereocenters. The lowest BCUT2D eigenvalue weighted by molar-refractivity contribution is 0.0958. The lowest BCUT2D eigenvalue weighted by atomic mass is 10.1. The fourth-order valence-corrected chi connectivity index (χ4v) is 1.72. The second-order valence-electron chi connectivity index (χ2n) is 3.28. The third-order valence-electron chi connectivity index (χ3n) is 2.36. The third-order valence-corrected chi connectivity index (χ3v) is 2.77. The number of fused-ring (bicyclic) bond motifs is 1. The molecule has 0 fully saturated rings. The number of halogens is 1. The molecule has 0 spiro atoms. The summed E-state index contributed by atoms with van der Waals surface area (Å²) in [6, 6.07) is 3.50. The molecular weight excluding hydrogens is 200 g/mol. The highest BCUT2D eigenvalue weighted by Gasteiger charge is 2.17. The van der Waals surface area contributed by atoms with Gasteiger partial charge in [-0.3, -0.25) is 4.79 Å². The van der Waals surface area contributed by atoms with E-state index in [0.29, 0.717) is 17.1 Å². The van der Waals surface area contributed by atoms with Crippen molar-refractivity contribution in [2.45, 2.75) is 6.92 Å². The summed E-state index contributed by atoms with van der Waals surface area (Å²) in [4.78, 5) is 11.6. The molecule has 0 saturated carbocycles. The van der Waals surface area contributed by atoms with Crippen LogP contribution in [0.15, 0.2) is 12.1 Å². The molecule has 1 aromatic rings. The van der Waals surface area contributed by atoms with Gasteiger partial charge >= 0.3 is 0 Å². The minimum absolute atomic E-state index is 0.0373. The van der Waals surface area contributed by atoms with Crippen molar-refractivity contribution in [1.82, 2.24) is 5.32 Å². The SMILES string of the molecule is Cc1c(Cl)ccc2c1NCCNC2=O. The Hall–Kier alpha value is -1.22. The second-order valence-corrected chi connectivity index (χ2v) is 3.68. The highest BCUT2D eigenvalue weighted by Crippen LogP contribution is 2.28. The summed E-state index contributed by atoms with van der Waals surface area (Å²) in [5.74, 6) is -0.0373. The molecule has 0 saturated heterocycles. The van der Waals surface area contributed by atoms with E-state index in [9.17, 15) is 4.79 Å². The van der Waals surface area contributed by atoms with E-state index >= 15 is 0 Å². The number of hydrogen-bond donors (Lipinski definition) is 2. The van der Waals surface area contributed by atoms with Crippen LogP contribution < -0.4 is 10.6 Å². The van der Waals surface area contributed by atoms with Crippen molar-refractivity contribution < 1.29 is 4.79 Å². The number of anilines is 1. The molecule has 2 rings (SSSR count). The summed E-state index contributed by atoms with van der Waals surface area (Å²) in [5.41, 5.74) is 2.46. The standard InChI is InChI=1S/C10H11ClN2O/c1-6-8(11)3-2-7-9(6)12-4-5-13-10(7)14/h2-3,12H,4-5H2,1H3,(H,13,14). The predicted octanol–water partition coefficient (Wildman–Crippen LogP) is 1.80.